The van der Waals surface area contributed by atoms with Gasteiger partial charge in [-0.15, -0.1) is 11.3 Å². The second kappa shape index (κ2) is 6.78. The molecule has 3 aromatic rings. The molecule has 1 aliphatic rings. The first-order valence-corrected chi connectivity index (χ1v) is 9.54. The molecule has 1 aliphatic heterocycles. The van der Waals surface area contributed by atoms with E-state index >= 15 is 0 Å². The van der Waals surface area contributed by atoms with Gasteiger partial charge in [0.1, 0.15) is 11.5 Å². The number of hydrogen-bond donors (Lipinski definition) is 1. The third-order valence-corrected chi connectivity index (χ3v) is 6.07. The summed E-state index contributed by atoms with van der Waals surface area (Å²) < 4.78 is 11.9. The van der Waals surface area contributed by atoms with Crippen LogP contribution in [0.4, 0.5) is 5.69 Å². The minimum Gasteiger partial charge on any atom is -0.497 e. The van der Waals surface area contributed by atoms with Crippen LogP contribution in [0.5, 0.6) is 11.5 Å². The van der Waals surface area contributed by atoms with Crippen LogP contribution in [0, 0.1) is 0 Å². The van der Waals surface area contributed by atoms with Crippen molar-refractivity contribution in [3.8, 4) is 11.5 Å². The van der Waals surface area contributed by atoms with Crippen LogP contribution in [0.25, 0.3) is 10.2 Å². The van der Waals surface area contributed by atoms with Crippen molar-refractivity contribution in [3.63, 3.8) is 0 Å². The molecule has 0 spiro atoms. The molecule has 1 N–H and O–H groups in total. The number of anilines is 1. The molecular weight excluding hydrogens is 348 g/mol. The van der Waals surface area contributed by atoms with Crippen molar-refractivity contribution < 1.29 is 14.6 Å². The first-order chi connectivity index (χ1) is 12.6. The van der Waals surface area contributed by atoms with Gasteiger partial charge in [0, 0.05) is 25.4 Å². The fourth-order valence-electron chi connectivity index (χ4n) is 3.59. The molecular formula is C20H22N2O3S. The first-order valence-electron chi connectivity index (χ1n) is 8.66. The number of benzene rings is 1. The zero-order valence-corrected chi connectivity index (χ0v) is 15.8. The topological polar surface area (TPSA) is 54.8 Å². The van der Waals surface area contributed by atoms with Crippen LogP contribution in [0.2, 0.25) is 0 Å². The van der Waals surface area contributed by atoms with E-state index in [9.17, 15) is 5.11 Å². The van der Waals surface area contributed by atoms with E-state index in [1.165, 1.54) is 10.4 Å². The standard InChI is InChI=1S/C20H22N2O3S/c1-24-15-11-14(12-16(13-15)25-2)20(23)5-8-22(9-6-20)18-3-7-21-17-4-10-26-19(17)18/h3-4,7,10-13,23H,5-6,8-9H2,1-2H3. The van der Waals surface area contributed by atoms with Crippen molar-refractivity contribution in [2.45, 2.75) is 18.4 Å². The number of nitrogens with zero attached hydrogens (tertiary/aromatic N) is 2. The number of hydrogen-bond acceptors (Lipinski definition) is 6. The third kappa shape index (κ3) is 2.99. The van der Waals surface area contributed by atoms with E-state index in [1.807, 2.05) is 30.5 Å². The number of rotatable bonds is 4. The van der Waals surface area contributed by atoms with E-state index in [0.717, 1.165) is 24.2 Å². The minimum absolute atomic E-state index is 0.651. The Morgan fingerprint density at radius 1 is 1.08 bits per heavy atom. The Hall–Kier alpha value is -2.31. The van der Waals surface area contributed by atoms with Gasteiger partial charge < -0.3 is 19.5 Å². The molecule has 1 aromatic carbocycles. The van der Waals surface area contributed by atoms with Gasteiger partial charge in [0.05, 0.1) is 35.7 Å². The Labute approximate surface area is 156 Å². The third-order valence-electron chi connectivity index (χ3n) is 5.14. The molecule has 0 radical (unpaired) electrons. The lowest BCUT2D eigenvalue weighted by atomic mass is 9.84. The van der Waals surface area contributed by atoms with Gasteiger partial charge in [0.15, 0.2) is 0 Å². The molecule has 2 aromatic heterocycles. The normalized spacial score (nSPS) is 16.7. The Balaban J connectivity index is 1.58. The summed E-state index contributed by atoms with van der Waals surface area (Å²) in [5.41, 5.74) is 2.21. The number of thiophene rings is 1. The fraction of sp³-hybridized carbons (Fsp3) is 0.350. The molecule has 136 valence electrons. The second-order valence-corrected chi connectivity index (χ2v) is 7.50. The highest BCUT2D eigenvalue weighted by molar-refractivity contribution is 7.17. The smallest absolute Gasteiger partial charge is 0.122 e. The largest absolute Gasteiger partial charge is 0.497 e. The summed E-state index contributed by atoms with van der Waals surface area (Å²) in [6.45, 7) is 1.57. The lowest BCUT2D eigenvalue weighted by molar-refractivity contribution is 0.0114. The molecule has 26 heavy (non-hydrogen) atoms. The SMILES string of the molecule is COc1cc(OC)cc(C2(O)CCN(c3ccnc4ccsc34)CC2)c1. The van der Waals surface area contributed by atoms with Crippen LogP contribution in [0.3, 0.4) is 0 Å². The molecule has 4 rings (SSSR count). The lowest BCUT2D eigenvalue weighted by Gasteiger charge is -2.40. The monoisotopic (exact) mass is 370 g/mol. The van der Waals surface area contributed by atoms with Gasteiger partial charge in [-0.3, -0.25) is 4.98 Å². The van der Waals surface area contributed by atoms with Crippen molar-refractivity contribution in [3.05, 3.63) is 47.5 Å². The van der Waals surface area contributed by atoms with Crippen LogP contribution in [0.1, 0.15) is 18.4 Å². The average Bonchev–Trinajstić information content (AvgIpc) is 3.17. The van der Waals surface area contributed by atoms with Crippen molar-refractivity contribution in [2.24, 2.45) is 0 Å². The van der Waals surface area contributed by atoms with Crippen molar-refractivity contribution in [1.82, 2.24) is 4.98 Å². The molecule has 0 aliphatic carbocycles. The van der Waals surface area contributed by atoms with Gasteiger partial charge >= 0.3 is 0 Å². The number of aliphatic hydroxyl groups is 1. The van der Waals surface area contributed by atoms with Crippen LogP contribution >= 0.6 is 11.3 Å². The molecule has 1 fully saturated rings. The van der Waals surface area contributed by atoms with E-state index in [2.05, 4.69) is 21.3 Å². The zero-order valence-electron chi connectivity index (χ0n) is 14.9. The Bertz CT molecular complexity index is 894. The van der Waals surface area contributed by atoms with Gasteiger partial charge in [-0.05, 0) is 48.1 Å². The maximum atomic E-state index is 11.3. The Morgan fingerprint density at radius 3 is 2.42 bits per heavy atom. The summed E-state index contributed by atoms with van der Waals surface area (Å²) >= 11 is 1.71. The minimum atomic E-state index is -0.875. The molecule has 0 amide bonds. The quantitative estimate of drug-likeness (QED) is 0.757. The van der Waals surface area contributed by atoms with Crippen molar-refractivity contribution in [1.29, 1.82) is 0 Å². The number of methoxy groups -OCH3 is 2. The second-order valence-electron chi connectivity index (χ2n) is 6.59. The number of pyridine rings is 1. The Kier molecular flexibility index (Phi) is 4.46. The Morgan fingerprint density at radius 2 is 1.77 bits per heavy atom. The summed E-state index contributed by atoms with van der Waals surface area (Å²) in [6.07, 6.45) is 3.16. The van der Waals surface area contributed by atoms with Crippen molar-refractivity contribution >= 4 is 27.2 Å². The zero-order chi connectivity index (χ0) is 18.1. The maximum absolute atomic E-state index is 11.3. The maximum Gasteiger partial charge on any atom is 0.122 e. The summed E-state index contributed by atoms with van der Waals surface area (Å²) in [6, 6.07) is 9.75. The fourth-order valence-corrected chi connectivity index (χ4v) is 4.48. The molecule has 5 nitrogen and oxygen atoms in total. The van der Waals surface area contributed by atoms with Crippen LogP contribution in [-0.2, 0) is 5.60 Å². The van der Waals surface area contributed by atoms with Gasteiger partial charge in [-0.2, -0.15) is 0 Å². The summed E-state index contributed by atoms with van der Waals surface area (Å²) in [7, 11) is 3.25. The van der Waals surface area contributed by atoms with Gasteiger partial charge in [0.2, 0.25) is 0 Å². The van der Waals surface area contributed by atoms with E-state index < -0.39 is 5.60 Å². The highest BCUT2D eigenvalue weighted by Crippen LogP contribution is 2.39. The molecule has 0 unspecified atom stereocenters. The highest BCUT2D eigenvalue weighted by atomic mass is 32.1. The predicted molar refractivity (Wildman–Crippen MR) is 105 cm³/mol. The van der Waals surface area contributed by atoms with Crippen LogP contribution < -0.4 is 14.4 Å². The summed E-state index contributed by atoms with van der Waals surface area (Å²) in [5.74, 6) is 1.40. The highest BCUT2D eigenvalue weighted by Gasteiger charge is 2.35. The molecule has 1 saturated heterocycles. The van der Waals surface area contributed by atoms with E-state index in [-0.39, 0.29) is 0 Å². The number of ether oxygens (including phenoxy) is 2. The van der Waals surface area contributed by atoms with E-state index in [0.29, 0.717) is 24.3 Å². The average molecular weight is 370 g/mol. The van der Waals surface area contributed by atoms with E-state index in [4.69, 9.17) is 9.47 Å². The predicted octanol–water partition coefficient (Wildman–Crippen LogP) is 3.80. The van der Waals surface area contributed by atoms with Gasteiger partial charge in [-0.1, -0.05) is 0 Å². The van der Waals surface area contributed by atoms with Crippen molar-refractivity contribution in [2.75, 3.05) is 32.2 Å². The van der Waals surface area contributed by atoms with Gasteiger partial charge in [-0.25, -0.2) is 0 Å². The van der Waals surface area contributed by atoms with Gasteiger partial charge in [0.25, 0.3) is 0 Å². The molecule has 0 atom stereocenters. The molecule has 0 saturated carbocycles. The lowest BCUT2D eigenvalue weighted by Crippen LogP contribution is -2.42. The number of aromatic nitrogens is 1. The first kappa shape index (κ1) is 17.1. The summed E-state index contributed by atoms with van der Waals surface area (Å²) in [5, 5.41) is 13.3. The van der Waals surface area contributed by atoms with Crippen LogP contribution in [0.15, 0.2) is 41.9 Å². The number of fused-ring (bicyclic) bond motifs is 1. The molecule has 3 heterocycles. The molecule has 6 heteroatoms. The van der Waals surface area contributed by atoms with Crippen LogP contribution in [-0.4, -0.2) is 37.4 Å². The molecule has 0 bridgehead atoms. The van der Waals surface area contributed by atoms with E-state index in [1.54, 1.807) is 25.6 Å². The number of piperidine rings is 1. The summed E-state index contributed by atoms with van der Waals surface area (Å²) in [4.78, 5) is 6.76.